The number of likely N-dealkylation sites (N-methyl/N-ethyl adjacent to an activating group) is 1. The summed E-state index contributed by atoms with van der Waals surface area (Å²) in [6, 6.07) is 10.5. The second-order valence-corrected chi connectivity index (χ2v) is 5.66. The van der Waals surface area contributed by atoms with Crippen LogP contribution in [0.5, 0.6) is 0 Å². The molecule has 0 aliphatic heterocycles. The highest BCUT2D eigenvalue weighted by molar-refractivity contribution is 5.86. The summed E-state index contributed by atoms with van der Waals surface area (Å²) in [6.07, 6.45) is 5.36. The number of benzene rings is 1. The Labute approximate surface area is 128 Å². The van der Waals surface area contributed by atoms with Crippen molar-refractivity contribution in [1.82, 2.24) is 5.32 Å². The van der Waals surface area contributed by atoms with E-state index < -0.39 is 0 Å². The third-order valence-corrected chi connectivity index (χ3v) is 3.59. The summed E-state index contributed by atoms with van der Waals surface area (Å²) < 4.78 is 0.947. The molecule has 114 valence electrons. The smallest absolute Gasteiger partial charge is 0.243 e. The number of carbonyl (C=O) groups excluding carboxylic acids is 1. The van der Waals surface area contributed by atoms with Crippen LogP contribution in [0.25, 0.3) is 0 Å². The largest absolute Gasteiger partial charge is 0.353 e. The van der Waals surface area contributed by atoms with Gasteiger partial charge in [-0.3, -0.25) is 4.79 Å². The molecule has 0 heterocycles. The van der Waals surface area contributed by atoms with Crippen LogP contribution >= 0.6 is 0 Å². The lowest BCUT2D eigenvalue weighted by Gasteiger charge is -2.33. The van der Waals surface area contributed by atoms with Gasteiger partial charge in [0.25, 0.3) is 0 Å². The minimum absolute atomic E-state index is 0.0948. The van der Waals surface area contributed by atoms with Gasteiger partial charge in [-0.2, -0.15) is 0 Å². The Morgan fingerprint density at radius 1 is 1.24 bits per heavy atom. The molecule has 0 spiro atoms. The number of amides is 1. The monoisotopic (exact) mass is 287 g/mol. The maximum absolute atomic E-state index is 11.1. The Hall–Kier alpha value is -1.87. The average molecular weight is 287 g/mol. The van der Waals surface area contributed by atoms with Gasteiger partial charge in [-0.15, -0.1) is 0 Å². The lowest BCUT2D eigenvalue weighted by atomic mass is 10.1. The summed E-state index contributed by atoms with van der Waals surface area (Å²) in [5, 5.41) is 2.82. The van der Waals surface area contributed by atoms with Gasteiger partial charge in [0.2, 0.25) is 5.91 Å². The number of unbranched alkanes of at least 4 members (excludes halogenated alkanes) is 1. The van der Waals surface area contributed by atoms with Gasteiger partial charge in [-0.05, 0) is 25.0 Å². The fourth-order valence-electron chi connectivity index (χ4n) is 2.47. The van der Waals surface area contributed by atoms with Gasteiger partial charge in [-0.25, -0.2) is 0 Å². The number of nitrogens with zero attached hydrogens (tertiary/aromatic N) is 1. The van der Waals surface area contributed by atoms with E-state index in [0.717, 1.165) is 37.0 Å². The SMILES string of the molecule is C=CC[N+](C)(CCCCNC(=O)C=C)Cc1ccccc1. The summed E-state index contributed by atoms with van der Waals surface area (Å²) in [5.41, 5.74) is 1.35. The van der Waals surface area contributed by atoms with Crippen molar-refractivity contribution in [1.29, 1.82) is 0 Å². The number of carbonyl (C=O) groups is 1. The molecule has 0 saturated carbocycles. The molecule has 1 aromatic rings. The van der Waals surface area contributed by atoms with Gasteiger partial charge in [0, 0.05) is 12.1 Å². The molecule has 0 saturated heterocycles. The van der Waals surface area contributed by atoms with E-state index in [1.807, 2.05) is 12.1 Å². The molecule has 0 bridgehead atoms. The normalized spacial score (nSPS) is 13.2. The summed E-state index contributed by atoms with van der Waals surface area (Å²) >= 11 is 0. The van der Waals surface area contributed by atoms with Gasteiger partial charge in [0.05, 0.1) is 20.1 Å². The zero-order chi connectivity index (χ0) is 15.6. The molecule has 0 aliphatic rings. The minimum Gasteiger partial charge on any atom is -0.353 e. The van der Waals surface area contributed by atoms with Gasteiger partial charge in [-0.1, -0.05) is 43.5 Å². The molecule has 1 unspecified atom stereocenters. The van der Waals surface area contributed by atoms with E-state index in [2.05, 4.69) is 49.8 Å². The highest BCUT2D eigenvalue weighted by Crippen LogP contribution is 2.13. The van der Waals surface area contributed by atoms with Crippen LogP contribution in [-0.4, -0.2) is 37.1 Å². The maximum Gasteiger partial charge on any atom is 0.243 e. The first-order valence-corrected chi connectivity index (χ1v) is 7.48. The Kier molecular flexibility index (Phi) is 7.48. The molecule has 0 aliphatic carbocycles. The molecule has 1 aromatic carbocycles. The highest BCUT2D eigenvalue weighted by Gasteiger charge is 2.19. The third kappa shape index (κ3) is 6.91. The van der Waals surface area contributed by atoms with Gasteiger partial charge < -0.3 is 9.80 Å². The molecule has 21 heavy (non-hydrogen) atoms. The molecule has 1 amide bonds. The van der Waals surface area contributed by atoms with Crippen molar-refractivity contribution in [3.05, 3.63) is 61.2 Å². The molecule has 1 N–H and O–H groups in total. The Balaban J connectivity index is 2.42. The lowest BCUT2D eigenvalue weighted by Crippen LogP contribution is -2.44. The fraction of sp³-hybridized carbons (Fsp3) is 0.389. The quantitative estimate of drug-likeness (QED) is 0.305. The number of nitrogens with one attached hydrogen (secondary N) is 1. The average Bonchev–Trinajstić information content (AvgIpc) is 2.47. The molecule has 3 heteroatoms. The molecule has 0 fully saturated rings. The molecule has 3 nitrogen and oxygen atoms in total. The standard InChI is InChI=1S/C18H26N2O/c1-4-14-20(3,16-17-11-7-6-8-12-17)15-10-9-13-19-18(21)5-2/h4-8,11-12H,1-2,9-10,13-16H2,3H3/p+1. The minimum atomic E-state index is -0.0948. The fourth-order valence-corrected chi connectivity index (χ4v) is 2.47. The first-order chi connectivity index (χ1) is 10.1. The Morgan fingerprint density at radius 3 is 2.57 bits per heavy atom. The van der Waals surface area contributed by atoms with Crippen LogP contribution in [0.3, 0.4) is 0 Å². The molecular formula is C18H27N2O+. The van der Waals surface area contributed by atoms with Crippen LogP contribution in [0, 0.1) is 0 Å². The second-order valence-electron chi connectivity index (χ2n) is 5.66. The van der Waals surface area contributed by atoms with E-state index in [1.165, 1.54) is 11.6 Å². The molecule has 1 rings (SSSR count). The van der Waals surface area contributed by atoms with E-state index >= 15 is 0 Å². The third-order valence-electron chi connectivity index (χ3n) is 3.59. The molecule has 0 radical (unpaired) electrons. The first kappa shape index (κ1) is 17.2. The molecular weight excluding hydrogens is 260 g/mol. The van der Waals surface area contributed by atoms with E-state index in [1.54, 1.807) is 0 Å². The van der Waals surface area contributed by atoms with Crippen LogP contribution in [0.15, 0.2) is 55.6 Å². The van der Waals surface area contributed by atoms with Crippen molar-refractivity contribution >= 4 is 5.91 Å². The van der Waals surface area contributed by atoms with E-state index in [0.29, 0.717) is 6.54 Å². The first-order valence-electron chi connectivity index (χ1n) is 7.48. The summed E-state index contributed by atoms with van der Waals surface area (Å²) in [5.74, 6) is -0.0948. The van der Waals surface area contributed by atoms with E-state index in [9.17, 15) is 4.79 Å². The van der Waals surface area contributed by atoms with E-state index in [4.69, 9.17) is 0 Å². The number of quaternary nitrogens is 1. The topological polar surface area (TPSA) is 29.1 Å². The zero-order valence-electron chi connectivity index (χ0n) is 13.1. The highest BCUT2D eigenvalue weighted by atomic mass is 16.1. The molecule has 0 aromatic heterocycles. The van der Waals surface area contributed by atoms with E-state index in [-0.39, 0.29) is 5.91 Å². The number of hydrogen-bond acceptors (Lipinski definition) is 1. The zero-order valence-corrected chi connectivity index (χ0v) is 13.1. The summed E-state index contributed by atoms with van der Waals surface area (Å²) in [6.45, 7) is 11.1. The van der Waals surface area contributed by atoms with Gasteiger partial charge in [0.15, 0.2) is 0 Å². The van der Waals surface area contributed by atoms with Crippen LogP contribution in [0.1, 0.15) is 18.4 Å². The predicted octanol–water partition coefficient (Wildman–Crippen LogP) is 2.90. The molecule has 1 atom stereocenters. The van der Waals surface area contributed by atoms with Gasteiger partial charge >= 0.3 is 0 Å². The van der Waals surface area contributed by atoms with Crippen LogP contribution in [-0.2, 0) is 11.3 Å². The van der Waals surface area contributed by atoms with Crippen molar-refractivity contribution in [2.24, 2.45) is 0 Å². The number of rotatable bonds is 10. The van der Waals surface area contributed by atoms with Crippen LogP contribution in [0.4, 0.5) is 0 Å². The lowest BCUT2D eigenvalue weighted by molar-refractivity contribution is -0.917. The van der Waals surface area contributed by atoms with Crippen LogP contribution in [0.2, 0.25) is 0 Å². The van der Waals surface area contributed by atoms with Crippen molar-refractivity contribution in [3.8, 4) is 0 Å². The number of hydrogen-bond donors (Lipinski definition) is 1. The summed E-state index contributed by atoms with van der Waals surface area (Å²) in [7, 11) is 2.26. The van der Waals surface area contributed by atoms with Crippen molar-refractivity contribution in [3.63, 3.8) is 0 Å². The van der Waals surface area contributed by atoms with Gasteiger partial charge in [0.1, 0.15) is 6.54 Å². The predicted molar refractivity (Wildman–Crippen MR) is 88.7 cm³/mol. The summed E-state index contributed by atoms with van der Waals surface area (Å²) in [4.78, 5) is 11.1. The van der Waals surface area contributed by atoms with Crippen molar-refractivity contribution < 1.29 is 9.28 Å². The maximum atomic E-state index is 11.1. The van der Waals surface area contributed by atoms with Crippen molar-refractivity contribution in [2.45, 2.75) is 19.4 Å². The Bertz CT molecular complexity index is 456. The second kappa shape index (κ2) is 9.14. The van der Waals surface area contributed by atoms with Crippen LogP contribution < -0.4 is 5.32 Å². The Morgan fingerprint density at radius 2 is 1.95 bits per heavy atom. The van der Waals surface area contributed by atoms with Crippen molar-refractivity contribution in [2.75, 3.05) is 26.7 Å².